The van der Waals surface area contributed by atoms with Gasteiger partial charge >= 0.3 is 0 Å². The topological polar surface area (TPSA) is 67.3 Å². The molecule has 0 saturated heterocycles. The van der Waals surface area contributed by atoms with Gasteiger partial charge in [-0.1, -0.05) is 6.92 Å². The summed E-state index contributed by atoms with van der Waals surface area (Å²) in [6.45, 7) is 6.54. The Morgan fingerprint density at radius 1 is 1.53 bits per heavy atom. The van der Waals surface area contributed by atoms with Gasteiger partial charge in [-0.15, -0.1) is 6.01 Å². The van der Waals surface area contributed by atoms with Gasteiger partial charge in [-0.3, -0.25) is 0 Å². The number of nitrogens with zero attached hydrogens (tertiary/aromatic N) is 5. The summed E-state index contributed by atoms with van der Waals surface area (Å²) in [7, 11) is 0. The van der Waals surface area contributed by atoms with Crippen molar-refractivity contribution in [3.8, 4) is 6.19 Å². The Kier molecular flexibility index (Phi) is 7.56. The van der Waals surface area contributed by atoms with Crippen LogP contribution in [0.25, 0.3) is 5.41 Å². The molecule has 0 saturated carbocycles. The summed E-state index contributed by atoms with van der Waals surface area (Å²) in [4.78, 5) is 2.58. The summed E-state index contributed by atoms with van der Waals surface area (Å²) < 4.78 is 4.39. The van der Waals surface area contributed by atoms with Crippen molar-refractivity contribution < 1.29 is 4.57 Å². The third kappa shape index (κ3) is 6.19. The predicted molar refractivity (Wildman–Crippen MR) is 57.0 cm³/mol. The molecule has 1 aromatic heterocycles. The van der Waals surface area contributed by atoms with Gasteiger partial charge in [-0.25, -0.2) is 9.13 Å². The smallest absolute Gasteiger partial charge is 0.243 e. The van der Waals surface area contributed by atoms with Gasteiger partial charge in [-0.2, -0.15) is 5.26 Å². The molecule has 15 heavy (non-hydrogen) atoms. The summed E-state index contributed by atoms with van der Waals surface area (Å²) >= 11 is 0. The minimum absolute atomic E-state index is 1.07. The zero-order chi connectivity index (χ0) is 11.5. The summed E-state index contributed by atoms with van der Waals surface area (Å²) in [5.74, 6) is 0. The molecular formula is C10H15N5. The minimum Gasteiger partial charge on any atom is -0.422 e. The number of aromatic nitrogens is 2. The van der Waals surface area contributed by atoms with Gasteiger partial charge < -0.3 is 10.4 Å². The predicted octanol–water partition coefficient (Wildman–Crippen LogP) is 1.42. The van der Waals surface area contributed by atoms with E-state index in [0.717, 1.165) is 13.1 Å². The van der Waals surface area contributed by atoms with E-state index in [0.29, 0.717) is 0 Å². The third-order valence-corrected chi connectivity index (χ3v) is 1.69. The second-order valence-corrected chi connectivity index (χ2v) is 2.79. The zero-order valence-electron chi connectivity index (χ0n) is 9.09. The van der Waals surface area contributed by atoms with E-state index in [-0.39, 0.29) is 0 Å². The molecule has 0 fully saturated rings. The van der Waals surface area contributed by atoms with Crippen LogP contribution in [0.5, 0.6) is 0 Å². The maximum absolute atomic E-state index is 7.43. The molecule has 0 N–H and O–H groups in total. The minimum atomic E-state index is 1.07. The number of imidazole rings is 1. The number of aryl methyl sites for hydroxylation is 2. The molecule has 0 aliphatic carbocycles. The van der Waals surface area contributed by atoms with Gasteiger partial charge in [-0.05, 0) is 13.3 Å². The molecule has 1 aromatic rings. The maximum Gasteiger partial charge on any atom is 0.243 e. The van der Waals surface area contributed by atoms with Crippen LogP contribution in [0.4, 0.5) is 0 Å². The highest BCUT2D eigenvalue weighted by atomic mass is 15.1. The number of nitriles is 1. The van der Waals surface area contributed by atoms with Crippen LogP contribution in [0.2, 0.25) is 0 Å². The quantitative estimate of drug-likeness (QED) is 0.418. The van der Waals surface area contributed by atoms with Crippen LogP contribution in [0.1, 0.15) is 20.3 Å². The Morgan fingerprint density at radius 2 is 2.27 bits per heavy atom. The van der Waals surface area contributed by atoms with E-state index in [4.69, 9.17) is 10.7 Å². The first-order valence-corrected chi connectivity index (χ1v) is 4.81. The third-order valence-electron chi connectivity index (χ3n) is 1.69. The summed E-state index contributed by atoms with van der Waals surface area (Å²) in [5, 5.41) is 14.9. The fraction of sp³-hybridized carbons (Fsp3) is 0.500. The zero-order valence-corrected chi connectivity index (χ0v) is 9.09. The van der Waals surface area contributed by atoms with Crippen LogP contribution in [-0.2, 0) is 13.1 Å². The molecule has 1 rings (SSSR count). The van der Waals surface area contributed by atoms with Gasteiger partial charge in [0.25, 0.3) is 0 Å². The Labute approximate surface area is 89.8 Å². The first-order valence-electron chi connectivity index (χ1n) is 4.81. The molecule has 80 valence electrons. The largest absolute Gasteiger partial charge is 0.422 e. The lowest BCUT2D eigenvalue weighted by atomic mass is 10.5. The highest BCUT2D eigenvalue weighted by Crippen LogP contribution is 1.83. The molecular weight excluding hydrogens is 190 g/mol. The van der Waals surface area contributed by atoms with Crippen LogP contribution >= 0.6 is 0 Å². The first-order chi connectivity index (χ1) is 7.28. The van der Waals surface area contributed by atoms with E-state index >= 15 is 0 Å². The molecule has 0 bridgehead atoms. The van der Waals surface area contributed by atoms with Crippen molar-refractivity contribution in [3.63, 3.8) is 0 Å². The fourth-order valence-corrected chi connectivity index (χ4v) is 1.04. The van der Waals surface area contributed by atoms with Crippen molar-refractivity contribution in [2.45, 2.75) is 33.4 Å². The molecule has 0 radical (unpaired) electrons. The van der Waals surface area contributed by atoms with Gasteiger partial charge in [0.1, 0.15) is 12.4 Å². The lowest BCUT2D eigenvalue weighted by molar-refractivity contribution is -0.696. The van der Waals surface area contributed by atoms with Crippen LogP contribution < -0.4 is 4.57 Å². The molecule has 5 heteroatoms. The summed E-state index contributed by atoms with van der Waals surface area (Å²) in [6.07, 6.45) is 8.86. The van der Waals surface area contributed by atoms with Crippen molar-refractivity contribution in [2.24, 2.45) is 4.99 Å². The van der Waals surface area contributed by atoms with Crippen LogP contribution in [0, 0.1) is 11.5 Å². The van der Waals surface area contributed by atoms with Crippen molar-refractivity contribution in [1.82, 2.24) is 4.57 Å². The molecule has 0 aliphatic rings. The molecule has 0 atom stereocenters. The molecule has 0 aliphatic heterocycles. The second-order valence-electron chi connectivity index (χ2n) is 2.79. The lowest BCUT2D eigenvalue weighted by Crippen LogP contribution is -2.30. The van der Waals surface area contributed by atoms with Gasteiger partial charge in [0.05, 0.1) is 19.3 Å². The summed E-state index contributed by atoms with van der Waals surface area (Å²) in [6, 6.07) is 1.28. The first kappa shape index (κ1) is 13.1. The monoisotopic (exact) mass is 205 g/mol. The Balaban J connectivity index is 0.000000336. The Hall–Kier alpha value is -1.92. The van der Waals surface area contributed by atoms with Crippen molar-refractivity contribution in [2.75, 3.05) is 0 Å². The summed E-state index contributed by atoms with van der Waals surface area (Å²) in [5.41, 5.74) is 0. The van der Waals surface area contributed by atoms with Crippen LogP contribution in [-0.4, -0.2) is 10.6 Å². The maximum atomic E-state index is 7.43. The van der Waals surface area contributed by atoms with E-state index in [2.05, 4.69) is 46.7 Å². The SMILES string of the molecule is CCC[n+]1ccn(CC)c1.N#CN=C=[N-]. The standard InChI is InChI=1S/C8H15N2.C2N3/c1-3-5-10-7-6-9(4-2)8-10;3-1-5-2-4/h6-8H,3-5H2,1-2H3;/q+1;-1. The van der Waals surface area contributed by atoms with Gasteiger partial charge in [0.2, 0.25) is 6.33 Å². The van der Waals surface area contributed by atoms with E-state index in [1.807, 2.05) is 0 Å². The van der Waals surface area contributed by atoms with E-state index in [9.17, 15) is 0 Å². The Morgan fingerprint density at radius 3 is 2.60 bits per heavy atom. The molecule has 5 nitrogen and oxygen atoms in total. The second kappa shape index (κ2) is 8.67. The van der Waals surface area contributed by atoms with Crippen LogP contribution in [0.15, 0.2) is 23.7 Å². The fourth-order valence-electron chi connectivity index (χ4n) is 1.04. The highest BCUT2D eigenvalue weighted by molar-refractivity contribution is 5.46. The Bertz CT molecular complexity index is 354. The number of hydrogen-bond acceptors (Lipinski definition) is 2. The van der Waals surface area contributed by atoms with Crippen LogP contribution in [0.3, 0.4) is 0 Å². The molecule has 0 spiro atoms. The molecule has 0 unspecified atom stereocenters. The van der Waals surface area contributed by atoms with Crippen molar-refractivity contribution in [3.05, 3.63) is 24.1 Å². The average molecular weight is 205 g/mol. The number of aliphatic imine (C=N–C) groups is 1. The normalized spacial score (nSPS) is 8.07. The van der Waals surface area contributed by atoms with Crippen molar-refractivity contribution in [1.29, 1.82) is 5.26 Å². The van der Waals surface area contributed by atoms with E-state index in [1.165, 1.54) is 18.6 Å². The number of rotatable bonds is 3. The van der Waals surface area contributed by atoms with Crippen molar-refractivity contribution >= 4 is 6.01 Å². The molecule has 0 aromatic carbocycles. The highest BCUT2D eigenvalue weighted by Gasteiger charge is 1.97. The van der Waals surface area contributed by atoms with E-state index < -0.39 is 0 Å². The van der Waals surface area contributed by atoms with E-state index in [1.54, 1.807) is 0 Å². The average Bonchev–Trinajstić information content (AvgIpc) is 2.68. The molecule has 1 heterocycles. The van der Waals surface area contributed by atoms with Gasteiger partial charge in [0, 0.05) is 0 Å². The number of hydrogen-bond donors (Lipinski definition) is 0. The molecule has 0 amide bonds. The van der Waals surface area contributed by atoms with Gasteiger partial charge in [0.15, 0.2) is 0 Å². The lowest BCUT2D eigenvalue weighted by Gasteiger charge is -1.88.